The van der Waals surface area contributed by atoms with Crippen LogP contribution in [0.15, 0.2) is 0 Å². The molecule has 1 aliphatic carbocycles. The summed E-state index contributed by atoms with van der Waals surface area (Å²) in [6, 6.07) is 0. The minimum Gasteiger partial charge on any atom is -0.465 e. The first-order valence-corrected chi connectivity index (χ1v) is 6.25. The predicted octanol–water partition coefficient (Wildman–Crippen LogP) is 1.74. The standard InChI is InChI=1S/C14H17NO5/c1-14(2)5-7-9(8(16)6-14)10(12(17)19-3)11(15-7)13(18)20-4/h15H,5-6H2,1-4H3. The lowest BCUT2D eigenvalue weighted by Gasteiger charge is -2.28. The Morgan fingerprint density at radius 3 is 2.25 bits per heavy atom. The van der Waals surface area contributed by atoms with Crippen LogP contribution in [-0.2, 0) is 15.9 Å². The van der Waals surface area contributed by atoms with Crippen molar-refractivity contribution >= 4 is 17.7 Å². The van der Waals surface area contributed by atoms with Gasteiger partial charge in [0.2, 0.25) is 0 Å². The lowest BCUT2D eigenvalue weighted by molar-refractivity contribution is 0.0550. The fourth-order valence-electron chi connectivity index (χ4n) is 2.62. The van der Waals surface area contributed by atoms with E-state index in [9.17, 15) is 14.4 Å². The Balaban J connectivity index is 2.66. The number of aromatic amines is 1. The zero-order valence-electron chi connectivity index (χ0n) is 12.0. The van der Waals surface area contributed by atoms with Gasteiger partial charge in [-0.05, 0) is 11.8 Å². The summed E-state index contributed by atoms with van der Waals surface area (Å²) in [6.45, 7) is 3.93. The van der Waals surface area contributed by atoms with Crippen molar-refractivity contribution in [2.24, 2.45) is 5.41 Å². The van der Waals surface area contributed by atoms with Gasteiger partial charge in [0.25, 0.3) is 0 Å². The number of hydrogen-bond donors (Lipinski definition) is 1. The first-order valence-electron chi connectivity index (χ1n) is 6.25. The summed E-state index contributed by atoms with van der Waals surface area (Å²) in [6.07, 6.45) is 0.900. The van der Waals surface area contributed by atoms with Gasteiger partial charge in [0, 0.05) is 12.1 Å². The van der Waals surface area contributed by atoms with E-state index in [1.807, 2.05) is 13.8 Å². The summed E-state index contributed by atoms with van der Waals surface area (Å²) in [7, 11) is 2.43. The first kappa shape index (κ1) is 14.3. The molecule has 20 heavy (non-hydrogen) atoms. The summed E-state index contributed by atoms with van der Waals surface area (Å²) in [4.78, 5) is 38.8. The average molecular weight is 279 g/mol. The van der Waals surface area contributed by atoms with Gasteiger partial charge in [-0.3, -0.25) is 4.79 Å². The smallest absolute Gasteiger partial charge is 0.355 e. The van der Waals surface area contributed by atoms with Crippen LogP contribution in [0.1, 0.15) is 57.2 Å². The van der Waals surface area contributed by atoms with Crippen LogP contribution in [0.25, 0.3) is 0 Å². The van der Waals surface area contributed by atoms with Gasteiger partial charge in [0.1, 0.15) is 11.3 Å². The molecule has 0 unspecified atom stereocenters. The summed E-state index contributed by atoms with van der Waals surface area (Å²) in [5.74, 6) is -1.57. The third-order valence-electron chi connectivity index (χ3n) is 3.43. The number of nitrogens with one attached hydrogen (secondary N) is 1. The van der Waals surface area contributed by atoms with Crippen LogP contribution in [-0.4, -0.2) is 36.9 Å². The van der Waals surface area contributed by atoms with E-state index in [-0.39, 0.29) is 28.0 Å². The Bertz CT molecular complexity index is 597. The normalized spacial score (nSPS) is 16.5. The van der Waals surface area contributed by atoms with Gasteiger partial charge < -0.3 is 14.5 Å². The van der Waals surface area contributed by atoms with E-state index in [0.29, 0.717) is 18.5 Å². The molecule has 0 amide bonds. The highest BCUT2D eigenvalue weighted by Gasteiger charge is 2.39. The monoisotopic (exact) mass is 279 g/mol. The maximum atomic E-state index is 12.3. The van der Waals surface area contributed by atoms with Crippen LogP contribution < -0.4 is 0 Å². The van der Waals surface area contributed by atoms with Crippen LogP contribution in [0, 0.1) is 5.41 Å². The quantitative estimate of drug-likeness (QED) is 0.833. The SMILES string of the molecule is COC(=O)c1[nH]c2c(c1C(=O)OC)C(=O)CC(C)(C)C2. The average Bonchev–Trinajstić information content (AvgIpc) is 2.74. The van der Waals surface area contributed by atoms with E-state index in [4.69, 9.17) is 0 Å². The van der Waals surface area contributed by atoms with Crippen molar-refractivity contribution in [3.05, 3.63) is 22.5 Å². The number of hydrogen-bond acceptors (Lipinski definition) is 5. The number of carbonyl (C=O) groups is 3. The van der Waals surface area contributed by atoms with Crippen molar-refractivity contribution in [3.63, 3.8) is 0 Å². The molecule has 108 valence electrons. The molecule has 6 nitrogen and oxygen atoms in total. The molecule has 1 aliphatic rings. The maximum absolute atomic E-state index is 12.3. The van der Waals surface area contributed by atoms with Gasteiger partial charge in [0.15, 0.2) is 5.78 Å². The molecule has 1 aromatic rings. The molecule has 0 bridgehead atoms. The van der Waals surface area contributed by atoms with Gasteiger partial charge in [-0.2, -0.15) is 0 Å². The van der Waals surface area contributed by atoms with E-state index in [2.05, 4.69) is 14.5 Å². The predicted molar refractivity (Wildman–Crippen MR) is 69.9 cm³/mol. The molecule has 0 saturated heterocycles. The van der Waals surface area contributed by atoms with Gasteiger partial charge >= 0.3 is 11.9 Å². The van der Waals surface area contributed by atoms with Crippen molar-refractivity contribution in [2.45, 2.75) is 26.7 Å². The van der Waals surface area contributed by atoms with Crippen LogP contribution >= 0.6 is 0 Å². The zero-order chi connectivity index (χ0) is 15.1. The molecular formula is C14H17NO5. The van der Waals surface area contributed by atoms with Crippen molar-refractivity contribution < 1.29 is 23.9 Å². The molecule has 0 aromatic carbocycles. The molecule has 0 fully saturated rings. The summed E-state index contributed by atoms with van der Waals surface area (Å²) in [5.41, 5.74) is 0.601. The minimum absolute atomic E-state index is 0.0181. The minimum atomic E-state index is -0.712. The third-order valence-corrected chi connectivity index (χ3v) is 3.43. The Labute approximate surface area is 116 Å². The lowest BCUT2D eigenvalue weighted by Crippen LogP contribution is -2.27. The Kier molecular flexibility index (Phi) is 3.41. The number of esters is 2. The number of fused-ring (bicyclic) bond motifs is 1. The topological polar surface area (TPSA) is 85.5 Å². The van der Waals surface area contributed by atoms with Crippen molar-refractivity contribution in [3.8, 4) is 0 Å². The number of H-pyrrole nitrogens is 1. The summed E-state index contributed by atoms with van der Waals surface area (Å²) >= 11 is 0. The number of aromatic nitrogens is 1. The molecule has 1 heterocycles. The van der Waals surface area contributed by atoms with Gasteiger partial charge in [0.05, 0.1) is 19.8 Å². The summed E-state index contributed by atoms with van der Waals surface area (Å²) in [5, 5.41) is 0. The van der Waals surface area contributed by atoms with Crippen LogP contribution in [0.4, 0.5) is 0 Å². The zero-order valence-corrected chi connectivity index (χ0v) is 12.0. The molecule has 1 aromatic heterocycles. The van der Waals surface area contributed by atoms with Gasteiger partial charge in [-0.15, -0.1) is 0 Å². The number of ether oxygens (including phenoxy) is 2. The van der Waals surface area contributed by atoms with Crippen molar-refractivity contribution in [1.82, 2.24) is 4.98 Å². The fraction of sp³-hybridized carbons (Fsp3) is 0.500. The second-order valence-corrected chi connectivity index (χ2v) is 5.65. The van der Waals surface area contributed by atoms with Crippen molar-refractivity contribution in [1.29, 1.82) is 0 Å². The van der Waals surface area contributed by atoms with Crippen LogP contribution in [0.3, 0.4) is 0 Å². The molecular weight excluding hydrogens is 262 g/mol. The van der Waals surface area contributed by atoms with Gasteiger partial charge in [-0.25, -0.2) is 9.59 Å². The first-order chi connectivity index (χ1) is 9.30. The molecule has 0 radical (unpaired) electrons. The number of rotatable bonds is 2. The fourth-order valence-corrected chi connectivity index (χ4v) is 2.62. The molecule has 0 aliphatic heterocycles. The molecule has 1 N–H and O–H groups in total. The number of methoxy groups -OCH3 is 2. The summed E-state index contributed by atoms with van der Waals surface area (Å²) < 4.78 is 9.32. The number of ketones is 1. The Hall–Kier alpha value is -2.11. The highest BCUT2D eigenvalue weighted by atomic mass is 16.5. The van der Waals surface area contributed by atoms with Crippen molar-refractivity contribution in [2.75, 3.05) is 14.2 Å². The highest BCUT2D eigenvalue weighted by Crippen LogP contribution is 2.37. The molecule has 0 saturated carbocycles. The largest absolute Gasteiger partial charge is 0.465 e. The van der Waals surface area contributed by atoms with E-state index in [0.717, 1.165) is 0 Å². The molecule has 0 atom stereocenters. The second-order valence-electron chi connectivity index (χ2n) is 5.65. The molecule has 0 spiro atoms. The van der Waals surface area contributed by atoms with E-state index in [1.165, 1.54) is 14.2 Å². The van der Waals surface area contributed by atoms with Crippen LogP contribution in [0.5, 0.6) is 0 Å². The highest BCUT2D eigenvalue weighted by molar-refractivity contribution is 6.13. The third kappa shape index (κ3) is 2.21. The van der Waals surface area contributed by atoms with E-state index < -0.39 is 11.9 Å². The second kappa shape index (κ2) is 4.77. The number of carbonyl (C=O) groups excluding carboxylic acids is 3. The Morgan fingerprint density at radius 2 is 1.70 bits per heavy atom. The number of Topliss-reactive ketones (excluding diaryl/α,β-unsaturated/α-hetero) is 1. The molecule has 6 heteroatoms. The van der Waals surface area contributed by atoms with E-state index >= 15 is 0 Å². The van der Waals surface area contributed by atoms with Gasteiger partial charge in [-0.1, -0.05) is 13.8 Å². The Morgan fingerprint density at radius 1 is 1.10 bits per heavy atom. The lowest BCUT2D eigenvalue weighted by atomic mass is 9.75. The van der Waals surface area contributed by atoms with Crippen LogP contribution in [0.2, 0.25) is 0 Å². The molecule has 2 rings (SSSR count). The maximum Gasteiger partial charge on any atom is 0.355 e. The van der Waals surface area contributed by atoms with E-state index in [1.54, 1.807) is 0 Å².